The molecule has 35 heavy (non-hydrogen) atoms. The SMILES string of the molecule is C=CCn1c(SCC(=O)Nc2cc3oc4ccccc4c3cc2OC)nc2sc(C)c(C)c2c1=O. The van der Waals surface area contributed by atoms with Gasteiger partial charge in [0.2, 0.25) is 5.91 Å². The number of furan rings is 1. The van der Waals surface area contributed by atoms with E-state index in [-0.39, 0.29) is 17.2 Å². The zero-order valence-electron chi connectivity index (χ0n) is 19.5. The fourth-order valence-electron chi connectivity index (χ4n) is 4.04. The van der Waals surface area contributed by atoms with E-state index >= 15 is 0 Å². The molecule has 3 aromatic heterocycles. The van der Waals surface area contributed by atoms with E-state index in [1.54, 1.807) is 23.8 Å². The van der Waals surface area contributed by atoms with Crippen LogP contribution in [0.15, 0.2) is 63.4 Å². The zero-order chi connectivity index (χ0) is 24.7. The molecule has 1 N–H and O–H groups in total. The number of para-hydroxylation sites is 1. The maximum atomic E-state index is 13.1. The number of ether oxygens (including phenoxy) is 1. The predicted molar refractivity (Wildman–Crippen MR) is 143 cm³/mol. The van der Waals surface area contributed by atoms with Crippen LogP contribution < -0.4 is 15.6 Å². The average molecular weight is 506 g/mol. The number of hydrogen-bond acceptors (Lipinski definition) is 7. The number of aromatic nitrogens is 2. The summed E-state index contributed by atoms with van der Waals surface area (Å²) < 4.78 is 13.0. The van der Waals surface area contributed by atoms with Crippen LogP contribution in [-0.4, -0.2) is 28.3 Å². The van der Waals surface area contributed by atoms with Crippen molar-refractivity contribution in [1.82, 2.24) is 9.55 Å². The fourth-order valence-corrected chi connectivity index (χ4v) is 5.92. The van der Waals surface area contributed by atoms with Crippen LogP contribution in [0, 0.1) is 13.8 Å². The molecule has 1 amide bonds. The van der Waals surface area contributed by atoms with E-state index in [0.717, 1.165) is 26.8 Å². The summed E-state index contributed by atoms with van der Waals surface area (Å²) in [6, 6.07) is 11.4. The maximum Gasteiger partial charge on any atom is 0.263 e. The van der Waals surface area contributed by atoms with Gasteiger partial charge in [-0.2, -0.15) is 0 Å². The number of thioether (sulfide) groups is 1. The molecule has 2 aromatic carbocycles. The largest absolute Gasteiger partial charge is 0.495 e. The van der Waals surface area contributed by atoms with Gasteiger partial charge in [-0.15, -0.1) is 17.9 Å². The average Bonchev–Trinajstić information content (AvgIpc) is 3.35. The summed E-state index contributed by atoms with van der Waals surface area (Å²) in [5, 5.41) is 5.92. The molecule has 0 saturated carbocycles. The molecule has 0 aliphatic heterocycles. The lowest BCUT2D eigenvalue weighted by molar-refractivity contribution is -0.113. The van der Waals surface area contributed by atoms with Crippen molar-refractivity contribution < 1.29 is 13.9 Å². The number of anilines is 1. The summed E-state index contributed by atoms with van der Waals surface area (Å²) in [5.41, 5.74) is 2.77. The van der Waals surface area contributed by atoms with Crippen molar-refractivity contribution in [2.45, 2.75) is 25.5 Å². The second kappa shape index (κ2) is 9.24. The van der Waals surface area contributed by atoms with Crippen LogP contribution in [0.25, 0.3) is 32.2 Å². The van der Waals surface area contributed by atoms with Crippen molar-refractivity contribution in [3.63, 3.8) is 0 Å². The van der Waals surface area contributed by atoms with Gasteiger partial charge in [0, 0.05) is 28.3 Å². The summed E-state index contributed by atoms with van der Waals surface area (Å²) in [7, 11) is 1.56. The van der Waals surface area contributed by atoms with Gasteiger partial charge < -0.3 is 14.5 Å². The molecule has 0 saturated heterocycles. The molecule has 3 heterocycles. The molecule has 0 aliphatic rings. The predicted octanol–water partition coefficient (Wildman–Crippen LogP) is 5.90. The molecule has 0 bridgehead atoms. The van der Waals surface area contributed by atoms with Crippen LogP contribution >= 0.6 is 23.1 Å². The molecule has 0 spiro atoms. The number of aryl methyl sites for hydroxylation is 2. The van der Waals surface area contributed by atoms with Crippen LogP contribution in [0.2, 0.25) is 0 Å². The first-order valence-corrected chi connectivity index (χ1v) is 12.7. The molecule has 0 aliphatic carbocycles. The van der Waals surface area contributed by atoms with Crippen molar-refractivity contribution in [2.24, 2.45) is 0 Å². The molecule has 0 radical (unpaired) electrons. The van der Waals surface area contributed by atoms with Gasteiger partial charge in [0.05, 0.1) is 23.9 Å². The topological polar surface area (TPSA) is 86.4 Å². The highest BCUT2D eigenvalue weighted by atomic mass is 32.2. The second-order valence-electron chi connectivity index (χ2n) is 8.05. The van der Waals surface area contributed by atoms with E-state index in [1.807, 2.05) is 44.2 Å². The van der Waals surface area contributed by atoms with Gasteiger partial charge in [0.25, 0.3) is 5.56 Å². The number of hydrogen-bond donors (Lipinski definition) is 1. The van der Waals surface area contributed by atoms with Gasteiger partial charge in [-0.1, -0.05) is 36.0 Å². The van der Waals surface area contributed by atoms with Crippen molar-refractivity contribution in [1.29, 1.82) is 0 Å². The zero-order valence-corrected chi connectivity index (χ0v) is 21.1. The van der Waals surface area contributed by atoms with E-state index in [2.05, 4.69) is 11.9 Å². The van der Waals surface area contributed by atoms with E-state index in [1.165, 1.54) is 23.1 Å². The van der Waals surface area contributed by atoms with Crippen LogP contribution in [0.1, 0.15) is 10.4 Å². The Labute approximate surface area is 209 Å². The monoisotopic (exact) mass is 505 g/mol. The third kappa shape index (κ3) is 4.11. The third-order valence-corrected chi connectivity index (χ3v) is 7.95. The Balaban J connectivity index is 1.42. The van der Waals surface area contributed by atoms with Gasteiger partial charge >= 0.3 is 0 Å². The smallest absolute Gasteiger partial charge is 0.263 e. The van der Waals surface area contributed by atoms with Gasteiger partial charge in [0.15, 0.2) is 5.16 Å². The molecule has 7 nitrogen and oxygen atoms in total. The van der Waals surface area contributed by atoms with Crippen LogP contribution in [-0.2, 0) is 11.3 Å². The number of nitrogens with zero attached hydrogens (tertiary/aromatic N) is 2. The lowest BCUT2D eigenvalue weighted by Crippen LogP contribution is -2.23. The first-order valence-electron chi connectivity index (χ1n) is 10.9. The summed E-state index contributed by atoms with van der Waals surface area (Å²) in [6.07, 6.45) is 1.65. The minimum atomic E-state index is -0.248. The first kappa shape index (κ1) is 23.2. The third-order valence-electron chi connectivity index (χ3n) is 5.87. The van der Waals surface area contributed by atoms with Gasteiger partial charge in [-0.25, -0.2) is 4.98 Å². The summed E-state index contributed by atoms with van der Waals surface area (Å²) in [5.74, 6) is 0.358. The number of benzene rings is 2. The van der Waals surface area contributed by atoms with Gasteiger partial charge in [-0.3, -0.25) is 14.2 Å². The quantitative estimate of drug-likeness (QED) is 0.168. The minimum Gasteiger partial charge on any atom is -0.495 e. The fraction of sp³-hybridized carbons (Fsp3) is 0.192. The van der Waals surface area contributed by atoms with Gasteiger partial charge in [-0.05, 0) is 31.5 Å². The van der Waals surface area contributed by atoms with E-state index in [0.29, 0.717) is 38.9 Å². The number of allylic oxidation sites excluding steroid dienone is 1. The Kier molecular flexibility index (Phi) is 6.12. The summed E-state index contributed by atoms with van der Waals surface area (Å²) >= 11 is 2.70. The van der Waals surface area contributed by atoms with Crippen LogP contribution in [0.5, 0.6) is 5.75 Å². The Morgan fingerprint density at radius 1 is 1.26 bits per heavy atom. The number of thiophene rings is 1. The van der Waals surface area contributed by atoms with Crippen LogP contribution in [0.3, 0.4) is 0 Å². The second-order valence-corrected chi connectivity index (χ2v) is 10.2. The standard InChI is InChI=1S/C26H23N3O4S2/c1-5-10-29-25(31)23-14(2)15(3)35-24(23)28-26(29)34-13-22(30)27-18-12-20-17(11-21(18)32-4)16-8-6-7-9-19(16)33-20/h5-9,11-12H,1,10,13H2,2-4H3,(H,27,30). The minimum absolute atomic E-state index is 0.0692. The number of rotatable bonds is 7. The molecule has 0 atom stereocenters. The first-order chi connectivity index (χ1) is 16.9. The summed E-state index contributed by atoms with van der Waals surface area (Å²) in [6.45, 7) is 7.99. The van der Waals surface area contributed by atoms with Crippen molar-refractivity contribution in [3.05, 3.63) is 69.8 Å². The number of methoxy groups -OCH3 is 1. The molecule has 178 valence electrons. The lowest BCUT2D eigenvalue weighted by Gasteiger charge is -2.12. The Bertz CT molecular complexity index is 1680. The highest BCUT2D eigenvalue weighted by Crippen LogP contribution is 2.36. The maximum absolute atomic E-state index is 13.1. The number of carbonyl (C=O) groups is 1. The highest BCUT2D eigenvalue weighted by Gasteiger charge is 2.18. The van der Waals surface area contributed by atoms with Crippen molar-refractivity contribution >= 4 is 66.8 Å². The normalized spacial score (nSPS) is 11.4. The van der Waals surface area contributed by atoms with E-state index in [4.69, 9.17) is 14.1 Å². The molecule has 0 fully saturated rings. The molecule has 9 heteroatoms. The number of nitrogens with one attached hydrogen (secondary N) is 1. The van der Waals surface area contributed by atoms with Crippen molar-refractivity contribution in [2.75, 3.05) is 18.2 Å². The molecular formula is C26H23N3O4S2. The molecule has 5 aromatic rings. The number of carbonyl (C=O) groups excluding carboxylic acids is 1. The Hall–Kier alpha value is -3.56. The Morgan fingerprint density at radius 2 is 2.06 bits per heavy atom. The van der Waals surface area contributed by atoms with E-state index < -0.39 is 0 Å². The van der Waals surface area contributed by atoms with E-state index in [9.17, 15) is 9.59 Å². The number of fused-ring (bicyclic) bond motifs is 4. The molecular weight excluding hydrogens is 482 g/mol. The van der Waals surface area contributed by atoms with Crippen LogP contribution in [0.4, 0.5) is 5.69 Å². The van der Waals surface area contributed by atoms with Gasteiger partial charge in [0.1, 0.15) is 21.7 Å². The Morgan fingerprint density at radius 3 is 2.83 bits per heavy atom. The molecule has 0 unspecified atom stereocenters. The summed E-state index contributed by atoms with van der Waals surface area (Å²) in [4.78, 5) is 32.5. The molecule has 5 rings (SSSR count). The number of amides is 1. The lowest BCUT2D eigenvalue weighted by atomic mass is 10.1. The van der Waals surface area contributed by atoms with Crippen molar-refractivity contribution in [3.8, 4) is 5.75 Å². The highest BCUT2D eigenvalue weighted by molar-refractivity contribution is 7.99.